The van der Waals surface area contributed by atoms with Gasteiger partial charge in [0.1, 0.15) is 0 Å². The minimum atomic E-state index is 0.154. The molecular formula is C13H24N4. The Morgan fingerprint density at radius 2 is 2.29 bits per heavy atom. The zero-order valence-corrected chi connectivity index (χ0v) is 11.4. The third-order valence-corrected chi connectivity index (χ3v) is 3.99. The van der Waals surface area contributed by atoms with Crippen LogP contribution in [0.4, 0.5) is 0 Å². The Kier molecular flexibility index (Phi) is 3.54. The van der Waals surface area contributed by atoms with E-state index in [2.05, 4.69) is 47.7 Å². The van der Waals surface area contributed by atoms with Crippen LogP contribution in [0.5, 0.6) is 0 Å². The van der Waals surface area contributed by atoms with Crippen LogP contribution < -0.4 is 5.32 Å². The Labute approximate surface area is 104 Å². The maximum atomic E-state index is 4.33. The van der Waals surface area contributed by atoms with Crippen molar-refractivity contribution in [3.63, 3.8) is 0 Å². The first-order chi connectivity index (χ1) is 8.00. The summed E-state index contributed by atoms with van der Waals surface area (Å²) in [5, 5.41) is 3.42. The molecule has 1 aliphatic rings. The molecule has 0 spiro atoms. The topological polar surface area (TPSA) is 33.1 Å². The van der Waals surface area contributed by atoms with Gasteiger partial charge in [0.25, 0.3) is 0 Å². The molecule has 1 aromatic rings. The molecule has 0 aliphatic carbocycles. The normalized spacial score (nSPS) is 21.4. The SMILES string of the molecule is CN(C)C(C)(C)Cn1cncc1C1CCNC1. The standard InChI is InChI=1S/C13H24N4/c1-13(2,16(3)4)9-17-10-15-8-12(17)11-5-6-14-7-11/h8,10-11,14H,5-7,9H2,1-4H3. The van der Waals surface area contributed by atoms with E-state index in [-0.39, 0.29) is 5.54 Å². The van der Waals surface area contributed by atoms with Gasteiger partial charge in [0.15, 0.2) is 0 Å². The summed E-state index contributed by atoms with van der Waals surface area (Å²) < 4.78 is 2.32. The molecule has 2 rings (SSSR count). The second-order valence-corrected chi connectivity index (χ2v) is 5.84. The van der Waals surface area contributed by atoms with Crippen LogP contribution in [-0.4, -0.2) is 47.2 Å². The van der Waals surface area contributed by atoms with Crippen LogP contribution in [0.15, 0.2) is 12.5 Å². The summed E-state index contributed by atoms with van der Waals surface area (Å²) in [5.74, 6) is 0.635. The van der Waals surface area contributed by atoms with Gasteiger partial charge in [0, 0.05) is 36.4 Å². The van der Waals surface area contributed by atoms with Crippen molar-refractivity contribution in [2.45, 2.75) is 38.3 Å². The minimum absolute atomic E-state index is 0.154. The van der Waals surface area contributed by atoms with Gasteiger partial charge in [-0.15, -0.1) is 0 Å². The molecule has 4 nitrogen and oxygen atoms in total. The van der Waals surface area contributed by atoms with Crippen molar-refractivity contribution >= 4 is 0 Å². The first-order valence-corrected chi connectivity index (χ1v) is 6.39. The summed E-state index contributed by atoms with van der Waals surface area (Å²) >= 11 is 0. The molecule has 96 valence electrons. The van der Waals surface area contributed by atoms with E-state index in [1.54, 1.807) is 0 Å². The van der Waals surface area contributed by atoms with Gasteiger partial charge in [-0.3, -0.25) is 0 Å². The zero-order chi connectivity index (χ0) is 12.5. The quantitative estimate of drug-likeness (QED) is 0.855. The highest BCUT2D eigenvalue weighted by Crippen LogP contribution is 2.24. The van der Waals surface area contributed by atoms with E-state index in [4.69, 9.17) is 0 Å². The van der Waals surface area contributed by atoms with Crippen LogP contribution in [0, 0.1) is 0 Å². The average molecular weight is 236 g/mol. The molecule has 1 aliphatic heterocycles. The maximum Gasteiger partial charge on any atom is 0.0948 e. The second-order valence-electron chi connectivity index (χ2n) is 5.84. The molecule has 0 saturated carbocycles. The van der Waals surface area contributed by atoms with Crippen molar-refractivity contribution in [3.8, 4) is 0 Å². The summed E-state index contributed by atoms with van der Waals surface area (Å²) in [7, 11) is 4.27. The van der Waals surface area contributed by atoms with Gasteiger partial charge >= 0.3 is 0 Å². The van der Waals surface area contributed by atoms with Crippen molar-refractivity contribution in [2.75, 3.05) is 27.2 Å². The van der Waals surface area contributed by atoms with Crippen LogP contribution in [0.25, 0.3) is 0 Å². The number of nitrogens with one attached hydrogen (secondary N) is 1. The second kappa shape index (κ2) is 4.78. The van der Waals surface area contributed by atoms with Crippen molar-refractivity contribution in [2.24, 2.45) is 0 Å². The predicted octanol–water partition coefficient (Wildman–Crippen LogP) is 1.30. The smallest absolute Gasteiger partial charge is 0.0948 e. The fourth-order valence-electron chi connectivity index (χ4n) is 2.27. The van der Waals surface area contributed by atoms with E-state index in [1.807, 2.05) is 12.5 Å². The number of imidazole rings is 1. The fourth-order valence-corrected chi connectivity index (χ4v) is 2.27. The van der Waals surface area contributed by atoms with Gasteiger partial charge in [-0.25, -0.2) is 4.98 Å². The lowest BCUT2D eigenvalue weighted by Crippen LogP contribution is -2.42. The highest BCUT2D eigenvalue weighted by Gasteiger charge is 2.25. The number of aromatic nitrogens is 2. The Morgan fingerprint density at radius 1 is 1.53 bits per heavy atom. The van der Waals surface area contributed by atoms with Gasteiger partial charge in [-0.1, -0.05) is 0 Å². The largest absolute Gasteiger partial charge is 0.332 e. The van der Waals surface area contributed by atoms with E-state index in [0.29, 0.717) is 5.92 Å². The summed E-state index contributed by atoms with van der Waals surface area (Å²) in [6, 6.07) is 0. The molecule has 1 N–H and O–H groups in total. The summed E-state index contributed by atoms with van der Waals surface area (Å²) in [5.41, 5.74) is 1.53. The molecule has 1 saturated heterocycles. The van der Waals surface area contributed by atoms with Crippen molar-refractivity contribution < 1.29 is 0 Å². The Bertz CT molecular complexity index is 361. The average Bonchev–Trinajstić information content (AvgIpc) is 2.85. The summed E-state index contributed by atoms with van der Waals surface area (Å²) in [4.78, 5) is 6.59. The van der Waals surface area contributed by atoms with Crippen LogP contribution >= 0.6 is 0 Å². The summed E-state index contributed by atoms with van der Waals surface area (Å²) in [6.45, 7) is 7.75. The fraction of sp³-hybridized carbons (Fsp3) is 0.769. The Morgan fingerprint density at radius 3 is 2.88 bits per heavy atom. The molecule has 1 aromatic heterocycles. The number of hydrogen-bond donors (Lipinski definition) is 1. The number of nitrogens with zero attached hydrogens (tertiary/aromatic N) is 3. The lowest BCUT2D eigenvalue weighted by atomic mass is 10.0. The predicted molar refractivity (Wildman–Crippen MR) is 70.2 cm³/mol. The lowest BCUT2D eigenvalue weighted by molar-refractivity contribution is 0.167. The van der Waals surface area contributed by atoms with Crippen LogP contribution in [0.3, 0.4) is 0 Å². The Balaban J connectivity index is 2.14. The molecular weight excluding hydrogens is 212 g/mol. The first kappa shape index (κ1) is 12.6. The van der Waals surface area contributed by atoms with Gasteiger partial charge in [-0.2, -0.15) is 0 Å². The molecule has 1 unspecified atom stereocenters. The molecule has 1 atom stereocenters. The van der Waals surface area contributed by atoms with Gasteiger partial charge in [0.2, 0.25) is 0 Å². The minimum Gasteiger partial charge on any atom is -0.332 e. The van der Waals surface area contributed by atoms with Gasteiger partial charge in [0.05, 0.1) is 6.33 Å². The number of likely N-dealkylation sites (N-methyl/N-ethyl adjacent to an activating group) is 1. The molecule has 0 radical (unpaired) electrons. The summed E-state index contributed by atoms with van der Waals surface area (Å²) in [6.07, 6.45) is 5.23. The van der Waals surface area contributed by atoms with E-state index < -0.39 is 0 Å². The van der Waals surface area contributed by atoms with Gasteiger partial charge in [-0.05, 0) is 40.9 Å². The monoisotopic (exact) mass is 236 g/mol. The number of rotatable bonds is 4. The first-order valence-electron chi connectivity index (χ1n) is 6.39. The molecule has 17 heavy (non-hydrogen) atoms. The lowest BCUT2D eigenvalue weighted by Gasteiger charge is -2.33. The maximum absolute atomic E-state index is 4.33. The molecule has 0 aromatic carbocycles. The van der Waals surface area contributed by atoms with Crippen molar-refractivity contribution in [1.29, 1.82) is 0 Å². The Hall–Kier alpha value is -0.870. The van der Waals surface area contributed by atoms with E-state index in [0.717, 1.165) is 19.6 Å². The van der Waals surface area contributed by atoms with Crippen molar-refractivity contribution in [3.05, 3.63) is 18.2 Å². The molecule has 4 heteroatoms. The molecule has 1 fully saturated rings. The molecule has 0 bridgehead atoms. The molecule has 2 heterocycles. The van der Waals surface area contributed by atoms with Crippen molar-refractivity contribution in [1.82, 2.24) is 19.8 Å². The highest BCUT2D eigenvalue weighted by atomic mass is 15.2. The third kappa shape index (κ3) is 2.69. The van der Waals surface area contributed by atoms with E-state index in [1.165, 1.54) is 12.1 Å². The third-order valence-electron chi connectivity index (χ3n) is 3.99. The van der Waals surface area contributed by atoms with Gasteiger partial charge < -0.3 is 14.8 Å². The molecule has 0 amide bonds. The van der Waals surface area contributed by atoms with Crippen LogP contribution in [0.2, 0.25) is 0 Å². The highest BCUT2D eigenvalue weighted by molar-refractivity contribution is 5.10. The van der Waals surface area contributed by atoms with Crippen LogP contribution in [-0.2, 0) is 6.54 Å². The zero-order valence-electron chi connectivity index (χ0n) is 11.4. The van der Waals surface area contributed by atoms with E-state index in [9.17, 15) is 0 Å². The number of hydrogen-bond acceptors (Lipinski definition) is 3. The van der Waals surface area contributed by atoms with E-state index >= 15 is 0 Å². The van der Waals surface area contributed by atoms with Crippen LogP contribution in [0.1, 0.15) is 31.9 Å².